The molecule has 0 spiro atoms. The highest BCUT2D eigenvalue weighted by molar-refractivity contribution is 5.85. The first-order valence-corrected chi connectivity index (χ1v) is 12.1. The molecule has 3 aromatic rings. The van der Waals surface area contributed by atoms with E-state index >= 15 is 0 Å². The maximum atomic E-state index is 12.7. The monoisotopic (exact) mass is 478 g/mol. The Kier molecular flexibility index (Phi) is 7.48. The van der Waals surface area contributed by atoms with Crippen LogP contribution in [0.4, 0.5) is 10.5 Å². The molecule has 4 rings (SSSR count). The molecule has 1 saturated heterocycles. The van der Waals surface area contributed by atoms with Crippen LogP contribution in [0.5, 0.6) is 5.75 Å². The number of nitrogens with zero attached hydrogens (tertiary/aromatic N) is 2. The van der Waals surface area contributed by atoms with Gasteiger partial charge in [0.1, 0.15) is 11.4 Å². The number of nitrogens with one attached hydrogen (secondary N) is 2. The lowest BCUT2D eigenvalue weighted by Gasteiger charge is -2.36. The quantitative estimate of drug-likeness (QED) is 0.537. The number of amides is 2. The van der Waals surface area contributed by atoms with E-state index in [4.69, 9.17) is 9.47 Å². The minimum absolute atomic E-state index is 0.00587. The van der Waals surface area contributed by atoms with Crippen molar-refractivity contribution >= 4 is 28.6 Å². The molecule has 0 unspecified atom stereocenters. The summed E-state index contributed by atoms with van der Waals surface area (Å²) in [5.41, 5.74) is 2.70. The Hall–Kier alpha value is -3.68. The summed E-state index contributed by atoms with van der Waals surface area (Å²) in [5.74, 6) is 0.642. The number of H-pyrrole nitrogens is 1. The second kappa shape index (κ2) is 10.7. The number of piperazine rings is 1. The van der Waals surface area contributed by atoms with Crippen LogP contribution in [-0.2, 0) is 16.0 Å². The molecule has 2 amide bonds. The molecule has 8 nitrogen and oxygen atoms in total. The molecule has 0 aliphatic carbocycles. The molecule has 8 heteroatoms. The predicted molar refractivity (Wildman–Crippen MR) is 137 cm³/mol. The van der Waals surface area contributed by atoms with Crippen molar-refractivity contribution in [1.82, 2.24) is 15.2 Å². The van der Waals surface area contributed by atoms with E-state index < -0.39 is 11.7 Å². The molecule has 0 bridgehead atoms. The number of carbonyl (C=O) groups excluding carboxylic acids is 2. The summed E-state index contributed by atoms with van der Waals surface area (Å²) in [6, 6.07) is 16.0. The minimum atomic E-state index is -0.524. The zero-order chi connectivity index (χ0) is 24.8. The van der Waals surface area contributed by atoms with E-state index in [1.165, 1.54) is 5.69 Å². The van der Waals surface area contributed by atoms with Gasteiger partial charge in [-0.3, -0.25) is 4.79 Å². The number of carbonyl (C=O) groups is 2. The highest BCUT2D eigenvalue weighted by Crippen LogP contribution is 2.24. The molecule has 2 aromatic carbocycles. The van der Waals surface area contributed by atoms with Crippen LogP contribution in [0.2, 0.25) is 0 Å². The number of aromatic amines is 1. The Morgan fingerprint density at radius 1 is 1.03 bits per heavy atom. The fourth-order valence-electron chi connectivity index (χ4n) is 4.16. The van der Waals surface area contributed by atoms with Crippen molar-refractivity contribution < 1.29 is 19.1 Å². The van der Waals surface area contributed by atoms with E-state index in [2.05, 4.69) is 27.3 Å². The van der Waals surface area contributed by atoms with Gasteiger partial charge in [-0.1, -0.05) is 18.2 Å². The highest BCUT2D eigenvalue weighted by atomic mass is 16.6. The van der Waals surface area contributed by atoms with E-state index in [9.17, 15) is 9.59 Å². The number of aromatic nitrogens is 1. The fourth-order valence-corrected chi connectivity index (χ4v) is 4.16. The predicted octanol–water partition coefficient (Wildman–Crippen LogP) is 3.96. The minimum Gasteiger partial charge on any atom is -0.484 e. The fraction of sp³-hybridized carbons (Fsp3) is 0.407. The second-order valence-corrected chi connectivity index (χ2v) is 9.69. The number of rotatable bonds is 7. The molecule has 2 heterocycles. The molecule has 2 N–H and O–H groups in total. The zero-order valence-corrected chi connectivity index (χ0v) is 20.7. The lowest BCUT2D eigenvalue weighted by Crippen LogP contribution is -2.50. The SMILES string of the molecule is CC(C)(C)OC(=O)NCCc1c[nH]c2ccc(OCC(=O)N3CCN(c4ccccc4)CC3)cc12. The van der Waals surface area contributed by atoms with E-state index in [1.54, 1.807) is 0 Å². The first-order valence-electron chi connectivity index (χ1n) is 12.1. The molecule has 1 aliphatic rings. The average Bonchev–Trinajstić information content (AvgIpc) is 3.24. The number of hydrogen-bond acceptors (Lipinski definition) is 5. The Morgan fingerprint density at radius 3 is 2.49 bits per heavy atom. The molecular weight excluding hydrogens is 444 g/mol. The van der Waals surface area contributed by atoms with Crippen molar-refractivity contribution in [1.29, 1.82) is 0 Å². The van der Waals surface area contributed by atoms with Crippen molar-refractivity contribution in [2.75, 3.05) is 44.2 Å². The maximum Gasteiger partial charge on any atom is 0.407 e. The van der Waals surface area contributed by atoms with E-state index in [-0.39, 0.29) is 12.5 Å². The summed E-state index contributed by atoms with van der Waals surface area (Å²) in [7, 11) is 0. The van der Waals surface area contributed by atoms with Crippen LogP contribution in [0, 0.1) is 0 Å². The van der Waals surface area contributed by atoms with E-state index in [0.29, 0.717) is 31.8 Å². The van der Waals surface area contributed by atoms with Crippen molar-refractivity contribution in [3.05, 3.63) is 60.3 Å². The zero-order valence-electron chi connectivity index (χ0n) is 20.7. The van der Waals surface area contributed by atoms with Crippen LogP contribution < -0.4 is 15.0 Å². The van der Waals surface area contributed by atoms with Gasteiger partial charge >= 0.3 is 6.09 Å². The Morgan fingerprint density at radius 2 is 1.77 bits per heavy atom. The van der Waals surface area contributed by atoms with Crippen LogP contribution in [0.1, 0.15) is 26.3 Å². The molecule has 35 heavy (non-hydrogen) atoms. The largest absolute Gasteiger partial charge is 0.484 e. The normalized spacial score (nSPS) is 14.1. The standard InChI is InChI=1S/C27H34N4O4/c1-27(2,3)35-26(33)28-12-11-20-18-29-24-10-9-22(17-23(20)24)34-19-25(32)31-15-13-30(14-16-31)21-7-5-4-6-8-21/h4-10,17-18,29H,11-16,19H2,1-3H3,(H,28,33). The average molecular weight is 479 g/mol. The molecular formula is C27H34N4O4. The van der Waals surface area contributed by atoms with Gasteiger partial charge in [0.15, 0.2) is 6.61 Å². The van der Waals surface area contributed by atoms with Crippen molar-refractivity contribution in [2.24, 2.45) is 0 Å². The summed E-state index contributed by atoms with van der Waals surface area (Å²) < 4.78 is 11.1. The lowest BCUT2D eigenvalue weighted by molar-refractivity contribution is -0.133. The Balaban J connectivity index is 1.27. The summed E-state index contributed by atoms with van der Waals surface area (Å²) in [5, 5.41) is 3.80. The second-order valence-electron chi connectivity index (χ2n) is 9.69. The van der Waals surface area contributed by atoms with Gasteiger partial charge in [0.25, 0.3) is 5.91 Å². The molecule has 1 aliphatic heterocycles. The Bertz CT molecular complexity index is 1140. The first kappa shape index (κ1) is 24.4. The van der Waals surface area contributed by atoms with Crippen LogP contribution >= 0.6 is 0 Å². The van der Waals surface area contributed by atoms with Crippen molar-refractivity contribution in [2.45, 2.75) is 32.8 Å². The van der Waals surface area contributed by atoms with Gasteiger partial charge in [-0.25, -0.2) is 4.79 Å². The third-order valence-corrected chi connectivity index (χ3v) is 5.92. The van der Waals surface area contributed by atoms with Gasteiger partial charge in [0.05, 0.1) is 0 Å². The number of benzene rings is 2. The van der Waals surface area contributed by atoms with E-state index in [1.807, 2.05) is 68.3 Å². The number of hydrogen-bond donors (Lipinski definition) is 2. The van der Waals surface area contributed by atoms with Gasteiger partial charge in [-0.15, -0.1) is 0 Å². The summed E-state index contributed by atoms with van der Waals surface area (Å²) >= 11 is 0. The van der Waals surface area contributed by atoms with Gasteiger partial charge in [0, 0.05) is 55.5 Å². The summed E-state index contributed by atoms with van der Waals surface area (Å²) in [6.45, 7) is 8.97. The van der Waals surface area contributed by atoms with Gasteiger partial charge < -0.3 is 29.6 Å². The molecule has 1 aromatic heterocycles. The highest BCUT2D eigenvalue weighted by Gasteiger charge is 2.21. The van der Waals surface area contributed by atoms with Crippen LogP contribution in [0.15, 0.2) is 54.7 Å². The van der Waals surface area contributed by atoms with Crippen molar-refractivity contribution in [3.8, 4) is 5.75 Å². The number of para-hydroxylation sites is 1. The number of anilines is 1. The van der Waals surface area contributed by atoms with Crippen LogP contribution in [0.25, 0.3) is 10.9 Å². The molecule has 0 radical (unpaired) electrons. The smallest absolute Gasteiger partial charge is 0.407 e. The molecule has 1 fully saturated rings. The third-order valence-electron chi connectivity index (χ3n) is 5.92. The number of alkyl carbamates (subject to hydrolysis) is 1. The topological polar surface area (TPSA) is 86.9 Å². The lowest BCUT2D eigenvalue weighted by atomic mass is 10.1. The van der Waals surface area contributed by atoms with Gasteiger partial charge in [-0.2, -0.15) is 0 Å². The molecule has 0 saturated carbocycles. The van der Waals surface area contributed by atoms with Crippen molar-refractivity contribution in [3.63, 3.8) is 0 Å². The first-order chi connectivity index (χ1) is 16.8. The van der Waals surface area contributed by atoms with Gasteiger partial charge in [0.2, 0.25) is 0 Å². The third kappa shape index (κ3) is 6.68. The number of ether oxygens (including phenoxy) is 2. The van der Waals surface area contributed by atoms with Crippen LogP contribution in [0.3, 0.4) is 0 Å². The number of fused-ring (bicyclic) bond motifs is 1. The molecule has 186 valence electrons. The Labute approximate surface area is 206 Å². The summed E-state index contributed by atoms with van der Waals surface area (Å²) in [4.78, 5) is 32.0. The van der Waals surface area contributed by atoms with Gasteiger partial charge in [-0.05, 0) is 63.1 Å². The molecule has 0 atom stereocenters. The maximum absolute atomic E-state index is 12.7. The van der Waals surface area contributed by atoms with Crippen LogP contribution in [-0.4, -0.2) is 66.8 Å². The van der Waals surface area contributed by atoms with E-state index in [0.717, 1.165) is 29.6 Å². The summed E-state index contributed by atoms with van der Waals surface area (Å²) in [6.07, 6.45) is 2.15.